The fourth-order valence-electron chi connectivity index (χ4n) is 2.64. The molecule has 132 valence electrons. The summed E-state index contributed by atoms with van der Waals surface area (Å²) in [5.74, 6) is -2.95. The van der Waals surface area contributed by atoms with E-state index in [0.29, 0.717) is 21.6 Å². The molecule has 0 aliphatic carbocycles. The third-order valence-corrected chi connectivity index (χ3v) is 3.81. The number of alkyl halides is 3. The van der Waals surface area contributed by atoms with E-state index in [-0.39, 0.29) is 39.0 Å². The number of halogens is 4. The molecule has 0 N–H and O–H groups in total. The summed E-state index contributed by atoms with van der Waals surface area (Å²) in [5, 5.41) is 0. The predicted molar refractivity (Wildman–Crippen MR) is 76.5 cm³/mol. The molecule has 8 heteroatoms. The number of aryl methyl sites for hydroxylation is 1. The summed E-state index contributed by atoms with van der Waals surface area (Å²) in [7, 11) is 0. The quantitative estimate of drug-likeness (QED) is 0.622. The van der Waals surface area contributed by atoms with Crippen LogP contribution in [0.4, 0.5) is 17.6 Å². The molecule has 1 aromatic carbocycles. The van der Waals surface area contributed by atoms with Crippen LogP contribution in [0.2, 0.25) is 0 Å². The molecule has 1 aliphatic heterocycles. The van der Waals surface area contributed by atoms with Gasteiger partial charge in [-0.05, 0) is 42.5 Å². The molecule has 1 heterocycles. The first-order valence-electron chi connectivity index (χ1n) is 7.54. The van der Waals surface area contributed by atoms with Crippen molar-refractivity contribution in [1.29, 1.82) is 0 Å². The standard InChI is InChI=1S/C16H17F4NO3/c1-2-24-14(22)4-3-11-7-10-5-6-21(15(23)16(18,19)20)9-12(10)8-13(11)17/h7-8H,2-6,9H2,1H3. The third kappa shape index (κ3) is 4.24. The SMILES string of the molecule is CCOC(=O)CCc1cc2c(cc1F)CN(C(=O)C(F)(F)F)CC2. The Hall–Kier alpha value is -2.12. The van der Waals surface area contributed by atoms with Crippen molar-refractivity contribution in [3.63, 3.8) is 0 Å². The molecular weight excluding hydrogens is 330 g/mol. The summed E-state index contributed by atoms with van der Waals surface area (Å²) in [4.78, 5) is 23.3. The van der Waals surface area contributed by atoms with Crippen molar-refractivity contribution in [2.45, 2.75) is 38.9 Å². The van der Waals surface area contributed by atoms with Crippen LogP contribution in [0.15, 0.2) is 12.1 Å². The van der Waals surface area contributed by atoms with Gasteiger partial charge >= 0.3 is 18.1 Å². The third-order valence-electron chi connectivity index (χ3n) is 3.81. The summed E-state index contributed by atoms with van der Waals surface area (Å²) in [6, 6.07) is 2.70. The van der Waals surface area contributed by atoms with Crippen LogP contribution in [-0.4, -0.2) is 36.1 Å². The number of nitrogens with zero attached hydrogens (tertiary/aromatic N) is 1. The summed E-state index contributed by atoms with van der Waals surface area (Å²) < 4.78 is 56.3. The van der Waals surface area contributed by atoms with Crippen molar-refractivity contribution in [2.75, 3.05) is 13.2 Å². The minimum absolute atomic E-state index is 0.0300. The topological polar surface area (TPSA) is 46.6 Å². The molecule has 0 fully saturated rings. The average molecular weight is 347 g/mol. The first-order chi connectivity index (χ1) is 11.2. The fourth-order valence-corrected chi connectivity index (χ4v) is 2.64. The number of carbonyl (C=O) groups excluding carboxylic acids is 2. The van der Waals surface area contributed by atoms with Crippen LogP contribution in [0.25, 0.3) is 0 Å². The Morgan fingerprint density at radius 2 is 1.96 bits per heavy atom. The molecule has 1 aliphatic rings. The van der Waals surface area contributed by atoms with Crippen LogP contribution >= 0.6 is 0 Å². The number of amides is 1. The Kier molecular flexibility index (Phi) is 5.46. The van der Waals surface area contributed by atoms with Gasteiger partial charge in [-0.3, -0.25) is 9.59 Å². The number of benzene rings is 1. The van der Waals surface area contributed by atoms with Gasteiger partial charge < -0.3 is 9.64 Å². The summed E-state index contributed by atoms with van der Waals surface area (Å²) in [6.07, 6.45) is -4.54. The molecule has 0 saturated heterocycles. The second-order valence-corrected chi connectivity index (χ2v) is 5.49. The normalized spacial score (nSPS) is 14.3. The maximum absolute atomic E-state index is 14.1. The van der Waals surface area contributed by atoms with E-state index in [2.05, 4.69) is 0 Å². The van der Waals surface area contributed by atoms with E-state index >= 15 is 0 Å². The van der Waals surface area contributed by atoms with Crippen molar-refractivity contribution in [3.8, 4) is 0 Å². The monoisotopic (exact) mass is 347 g/mol. The minimum atomic E-state index is -4.93. The highest BCUT2D eigenvalue weighted by atomic mass is 19.4. The number of hydrogen-bond donors (Lipinski definition) is 0. The van der Waals surface area contributed by atoms with Crippen LogP contribution in [0, 0.1) is 5.82 Å². The van der Waals surface area contributed by atoms with Crippen LogP contribution in [0.1, 0.15) is 30.0 Å². The molecule has 0 saturated carbocycles. The van der Waals surface area contributed by atoms with Crippen molar-refractivity contribution in [3.05, 3.63) is 34.6 Å². The second kappa shape index (κ2) is 7.19. The number of ether oxygens (including phenoxy) is 1. The van der Waals surface area contributed by atoms with E-state index in [1.807, 2.05) is 0 Å². The summed E-state index contributed by atoms with van der Waals surface area (Å²) in [6.45, 7) is 1.57. The van der Waals surface area contributed by atoms with Crippen LogP contribution < -0.4 is 0 Å². The Balaban J connectivity index is 2.10. The highest BCUT2D eigenvalue weighted by Gasteiger charge is 2.43. The first kappa shape index (κ1) is 18.2. The van der Waals surface area contributed by atoms with Gasteiger partial charge in [0.2, 0.25) is 0 Å². The van der Waals surface area contributed by atoms with Crippen molar-refractivity contribution in [2.24, 2.45) is 0 Å². The predicted octanol–water partition coefficient (Wildman–Crippen LogP) is 2.77. The van der Waals surface area contributed by atoms with Gasteiger partial charge in [0.05, 0.1) is 6.61 Å². The lowest BCUT2D eigenvalue weighted by Gasteiger charge is -2.29. The molecule has 24 heavy (non-hydrogen) atoms. The number of fused-ring (bicyclic) bond motifs is 1. The summed E-state index contributed by atoms with van der Waals surface area (Å²) >= 11 is 0. The fraction of sp³-hybridized carbons (Fsp3) is 0.500. The molecule has 0 unspecified atom stereocenters. The lowest BCUT2D eigenvalue weighted by atomic mass is 9.95. The Morgan fingerprint density at radius 3 is 2.58 bits per heavy atom. The van der Waals surface area contributed by atoms with Crippen molar-refractivity contribution < 1.29 is 31.9 Å². The minimum Gasteiger partial charge on any atom is -0.466 e. The maximum Gasteiger partial charge on any atom is 0.471 e. The Morgan fingerprint density at radius 1 is 1.25 bits per heavy atom. The largest absolute Gasteiger partial charge is 0.471 e. The zero-order valence-electron chi connectivity index (χ0n) is 13.1. The highest BCUT2D eigenvalue weighted by Crippen LogP contribution is 2.27. The molecule has 0 spiro atoms. The van der Waals surface area contributed by atoms with Crippen LogP contribution in [0.5, 0.6) is 0 Å². The molecule has 0 aromatic heterocycles. The Labute approximate surface area is 136 Å². The van der Waals surface area contributed by atoms with E-state index in [1.54, 1.807) is 13.0 Å². The maximum atomic E-state index is 14.1. The molecule has 4 nitrogen and oxygen atoms in total. The van der Waals surface area contributed by atoms with Gasteiger partial charge in [-0.25, -0.2) is 4.39 Å². The lowest BCUT2D eigenvalue weighted by molar-refractivity contribution is -0.186. The second-order valence-electron chi connectivity index (χ2n) is 5.49. The van der Waals surface area contributed by atoms with Gasteiger partial charge in [0.1, 0.15) is 5.82 Å². The van der Waals surface area contributed by atoms with Crippen molar-refractivity contribution >= 4 is 11.9 Å². The molecule has 2 rings (SSSR count). The smallest absolute Gasteiger partial charge is 0.466 e. The Bertz CT molecular complexity index is 643. The van der Waals surface area contributed by atoms with Gasteiger partial charge in [0, 0.05) is 19.5 Å². The number of esters is 1. The lowest BCUT2D eigenvalue weighted by Crippen LogP contribution is -2.43. The van der Waals surface area contributed by atoms with E-state index in [9.17, 15) is 27.2 Å². The van der Waals surface area contributed by atoms with Crippen molar-refractivity contribution in [1.82, 2.24) is 4.90 Å². The van der Waals surface area contributed by atoms with Gasteiger partial charge in [-0.1, -0.05) is 6.07 Å². The average Bonchev–Trinajstić information content (AvgIpc) is 2.51. The molecular formula is C16H17F4NO3. The van der Waals surface area contributed by atoms with E-state index in [1.165, 1.54) is 0 Å². The van der Waals surface area contributed by atoms with Gasteiger partial charge in [0.25, 0.3) is 0 Å². The van der Waals surface area contributed by atoms with Gasteiger partial charge in [0.15, 0.2) is 0 Å². The zero-order valence-corrected chi connectivity index (χ0v) is 13.1. The molecule has 0 bridgehead atoms. The number of carbonyl (C=O) groups is 2. The molecule has 0 radical (unpaired) electrons. The van der Waals surface area contributed by atoms with Gasteiger partial charge in [-0.2, -0.15) is 13.2 Å². The zero-order chi connectivity index (χ0) is 17.9. The first-order valence-corrected chi connectivity index (χ1v) is 7.54. The van der Waals surface area contributed by atoms with Crippen LogP contribution in [0.3, 0.4) is 0 Å². The van der Waals surface area contributed by atoms with Crippen LogP contribution in [-0.2, 0) is 33.7 Å². The van der Waals surface area contributed by atoms with E-state index in [0.717, 1.165) is 6.07 Å². The van der Waals surface area contributed by atoms with E-state index in [4.69, 9.17) is 4.74 Å². The molecule has 1 aromatic rings. The number of hydrogen-bond acceptors (Lipinski definition) is 3. The van der Waals surface area contributed by atoms with Gasteiger partial charge in [-0.15, -0.1) is 0 Å². The molecule has 1 amide bonds. The summed E-state index contributed by atoms with van der Waals surface area (Å²) in [5.41, 5.74) is 1.37. The highest BCUT2D eigenvalue weighted by molar-refractivity contribution is 5.82. The molecule has 0 atom stereocenters. The van der Waals surface area contributed by atoms with E-state index < -0.39 is 23.9 Å². The number of rotatable bonds is 4.